The van der Waals surface area contributed by atoms with Crippen molar-refractivity contribution in [2.24, 2.45) is 7.05 Å². The zero-order chi connectivity index (χ0) is 11.4. The van der Waals surface area contributed by atoms with Gasteiger partial charge in [0, 0.05) is 18.1 Å². The normalized spacial score (nSPS) is 12.9. The summed E-state index contributed by atoms with van der Waals surface area (Å²) in [5.41, 5.74) is 1.10. The number of hydrogen-bond acceptors (Lipinski definition) is 3. The highest BCUT2D eigenvalue weighted by Gasteiger charge is 2.16. The lowest BCUT2D eigenvalue weighted by Gasteiger charge is -2.14. The fourth-order valence-corrected chi connectivity index (χ4v) is 2.49. The summed E-state index contributed by atoms with van der Waals surface area (Å²) >= 11 is 1.77. The first-order valence-electron chi connectivity index (χ1n) is 5.57. The van der Waals surface area contributed by atoms with Crippen LogP contribution < -0.4 is 5.32 Å². The molecule has 3 nitrogen and oxygen atoms in total. The Morgan fingerprint density at radius 1 is 1.50 bits per heavy atom. The Bertz CT molecular complexity index is 419. The summed E-state index contributed by atoms with van der Waals surface area (Å²) < 4.78 is 1.85. The van der Waals surface area contributed by atoms with E-state index in [0.717, 1.165) is 18.7 Å². The van der Waals surface area contributed by atoms with E-state index in [4.69, 9.17) is 0 Å². The zero-order valence-electron chi connectivity index (χ0n) is 9.68. The van der Waals surface area contributed by atoms with Crippen molar-refractivity contribution in [3.63, 3.8) is 0 Å². The first kappa shape index (κ1) is 11.4. The van der Waals surface area contributed by atoms with Gasteiger partial charge in [-0.3, -0.25) is 4.68 Å². The molecule has 2 rings (SSSR count). The van der Waals surface area contributed by atoms with Crippen molar-refractivity contribution in [1.82, 2.24) is 15.1 Å². The molecule has 0 fully saturated rings. The van der Waals surface area contributed by atoms with Gasteiger partial charge >= 0.3 is 0 Å². The molecule has 1 unspecified atom stereocenters. The summed E-state index contributed by atoms with van der Waals surface area (Å²) in [5.74, 6) is 0. The minimum atomic E-state index is 0.237. The van der Waals surface area contributed by atoms with Crippen molar-refractivity contribution in [3.05, 3.63) is 40.3 Å². The van der Waals surface area contributed by atoms with Crippen LogP contribution in [0.5, 0.6) is 0 Å². The summed E-state index contributed by atoms with van der Waals surface area (Å²) in [5, 5.41) is 10.1. The van der Waals surface area contributed by atoms with Gasteiger partial charge in [0.1, 0.15) is 0 Å². The van der Waals surface area contributed by atoms with E-state index in [-0.39, 0.29) is 6.04 Å². The summed E-state index contributed by atoms with van der Waals surface area (Å²) in [4.78, 5) is 1.33. The fraction of sp³-hybridized carbons (Fsp3) is 0.417. The van der Waals surface area contributed by atoms with Crippen LogP contribution in [0.1, 0.15) is 30.0 Å². The number of nitrogens with zero attached hydrogens (tertiary/aromatic N) is 2. The Balaban J connectivity index is 2.21. The molecule has 4 heteroatoms. The van der Waals surface area contributed by atoms with Gasteiger partial charge in [0.2, 0.25) is 0 Å². The van der Waals surface area contributed by atoms with E-state index in [9.17, 15) is 0 Å². The van der Waals surface area contributed by atoms with Gasteiger partial charge < -0.3 is 5.32 Å². The van der Waals surface area contributed by atoms with E-state index in [0.29, 0.717) is 0 Å². The van der Waals surface area contributed by atoms with Crippen molar-refractivity contribution in [1.29, 1.82) is 0 Å². The van der Waals surface area contributed by atoms with E-state index >= 15 is 0 Å². The van der Waals surface area contributed by atoms with Gasteiger partial charge in [-0.25, -0.2) is 0 Å². The molecular formula is C12H17N3S. The van der Waals surface area contributed by atoms with E-state index < -0.39 is 0 Å². The standard InChI is InChI=1S/C12H17N3S/c1-3-7-13-12(11-5-4-9-16-11)10-6-8-15(2)14-10/h4-6,8-9,12-13H,3,7H2,1-2H3. The van der Waals surface area contributed by atoms with E-state index in [1.54, 1.807) is 11.3 Å². The van der Waals surface area contributed by atoms with Crippen LogP contribution in [0.2, 0.25) is 0 Å². The quantitative estimate of drug-likeness (QED) is 0.863. The lowest BCUT2D eigenvalue weighted by molar-refractivity contribution is 0.582. The van der Waals surface area contributed by atoms with Crippen molar-refractivity contribution in [3.8, 4) is 0 Å². The topological polar surface area (TPSA) is 29.9 Å². The third-order valence-corrected chi connectivity index (χ3v) is 3.39. The highest BCUT2D eigenvalue weighted by atomic mass is 32.1. The van der Waals surface area contributed by atoms with Gasteiger partial charge in [0.05, 0.1) is 11.7 Å². The fourth-order valence-electron chi connectivity index (χ4n) is 1.68. The maximum atomic E-state index is 4.48. The van der Waals surface area contributed by atoms with Gasteiger partial charge in [-0.15, -0.1) is 11.3 Å². The largest absolute Gasteiger partial charge is 0.304 e. The number of thiophene rings is 1. The molecule has 1 N–H and O–H groups in total. The van der Waals surface area contributed by atoms with Crippen molar-refractivity contribution < 1.29 is 0 Å². The van der Waals surface area contributed by atoms with Crippen LogP contribution in [-0.4, -0.2) is 16.3 Å². The van der Waals surface area contributed by atoms with Gasteiger partial charge in [-0.2, -0.15) is 5.10 Å². The Morgan fingerprint density at radius 2 is 2.38 bits per heavy atom. The molecule has 0 saturated carbocycles. The predicted molar refractivity (Wildman–Crippen MR) is 67.7 cm³/mol. The molecule has 1 atom stereocenters. The maximum Gasteiger partial charge on any atom is 0.0863 e. The van der Waals surface area contributed by atoms with Crippen LogP contribution in [0.3, 0.4) is 0 Å². The molecule has 2 aromatic rings. The van der Waals surface area contributed by atoms with Crippen molar-refractivity contribution in [2.45, 2.75) is 19.4 Å². The zero-order valence-corrected chi connectivity index (χ0v) is 10.5. The van der Waals surface area contributed by atoms with E-state index in [1.165, 1.54) is 4.88 Å². The van der Waals surface area contributed by atoms with E-state index in [2.05, 4.69) is 40.9 Å². The molecule has 0 amide bonds. The number of aryl methyl sites for hydroxylation is 1. The highest BCUT2D eigenvalue weighted by Crippen LogP contribution is 2.24. The average molecular weight is 235 g/mol. The van der Waals surface area contributed by atoms with Gasteiger partial charge in [0.25, 0.3) is 0 Å². The molecular weight excluding hydrogens is 218 g/mol. The lowest BCUT2D eigenvalue weighted by atomic mass is 10.1. The highest BCUT2D eigenvalue weighted by molar-refractivity contribution is 7.10. The molecule has 0 spiro atoms. The average Bonchev–Trinajstić information content (AvgIpc) is 2.91. The Hall–Kier alpha value is -1.13. The third-order valence-electron chi connectivity index (χ3n) is 2.46. The Kier molecular flexibility index (Phi) is 3.74. The molecule has 0 aliphatic heterocycles. The summed E-state index contributed by atoms with van der Waals surface area (Å²) in [6.45, 7) is 3.19. The smallest absolute Gasteiger partial charge is 0.0863 e. The first-order valence-corrected chi connectivity index (χ1v) is 6.45. The first-order chi connectivity index (χ1) is 7.81. The molecule has 16 heavy (non-hydrogen) atoms. The molecule has 0 bridgehead atoms. The minimum Gasteiger partial charge on any atom is -0.304 e. The molecule has 2 aromatic heterocycles. The molecule has 86 valence electrons. The van der Waals surface area contributed by atoms with Gasteiger partial charge in [0.15, 0.2) is 0 Å². The van der Waals surface area contributed by atoms with E-state index in [1.807, 2.05) is 17.9 Å². The molecule has 0 aliphatic rings. The van der Waals surface area contributed by atoms with Crippen LogP contribution in [0.25, 0.3) is 0 Å². The Morgan fingerprint density at radius 3 is 2.94 bits per heavy atom. The van der Waals surface area contributed by atoms with Gasteiger partial charge in [-0.1, -0.05) is 13.0 Å². The number of aromatic nitrogens is 2. The van der Waals surface area contributed by atoms with Crippen molar-refractivity contribution in [2.75, 3.05) is 6.54 Å². The maximum absolute atomic E-state index is 4.48. The second-order valence-corrected chi connectivity index (χ2v) is 4.80. The van der Waals surface area contributed by atoms with Crippen LogP contribution in [0, 0.1) is 0 Å². The number of hydrogen-bond donors (Lipinski definition) is 1. The summed E-state index contributed by atoms with van der Waals surface area (Å²) in [6.07, 6.45) is 3.12. The molecule has 0 aliphatic carbocycles. The number of rotatable bonds is 5. The SMILES string of the molecule is CCCNC(c1ccn(C)n1)c1cccs1. The molecule has 0 saturated heterocycles. The second kappa shape index (κ2) is 5.27. The molecule has 0 radical (unpaired) electrons. The van der Waals surface area contributed by atoms with Gasteiger partial charge in [-0.05, 0) is 30.5 Å². The van der Waals surface area contributed by atoms with Crippen LogP contribution in [0.4, 0.5) is 0 Å². The second-order valence-electron chi connectivity index (χ2n) is 3.82. The monoisotopic (exact) mass is 235 g/mol. The summed E-state index contributed by atoms with van der Waals surface area (Å²) in [6, 6.07) is 6.56. The lowest BCUT2D eigenvalue weighted by Crippen LogP contribution is -2.22. The minimum absolute atomic E-state index is 0.237. The molecule has 0 aromatic carbocycles. The van der Waals surface area contributed by atoms with Crippen LogP contribution >= 0.6 is 11.3 Å². The summed E-state index contributed by atoms with van der Waals surface area (Å²) in [7, 11) is 1.95. The number of nitrogens with one attached hydrogen (secondary N) is 1. The third kappa shape index (κ3) is 2.51. The predicted octanol–water partition coefficient (Wildman–Crippen LogP) is 2.57. The van der Waals surface area contributed by atoms with Crippen molar-refractivity contribution >= 4 is 11.3 Å². The Labute approximate surface area is 100 Å². The molecule has 2 heterocycles. The van der Waals surface area contributed by atoms with Crippen LogP contribution in [0.15, 0.2) is 29.8 Å². The van der Waals surface area contributed by atoms with Crippen LogP contribution in [-0.2, 0) is 7.05 Å².